The summed E-state index contributed by atoms with van der Waals surface area (Å²) in [5, 5.41) is 1.38. The number of para-hydroxylation sites is 1. The van der Waals surface area contributed by atoms with E-state index in [2.05, 4.69) is 0 Å². The maximum absolute atomic E-state index is 13.3. The molecule has 3 aromatic rings. The molecular weight excluding hydrogens is 414 g/mol. The van der Waals surface area contributed by atoms with E-state index in [-0.39, 0.29) is 5.91 Å². The van der Waals surface area contributed by atoms with Crippen LogP contribution in [0.4, 0.5) is 5.69 Å². The zero-order valence-corrected chi connectivity index (χ0v) is 17.6. The molecular formula is C24H18ClN3OS. The van der Waals surface area contributed by atoms with Crippen molar-refractivity contribution in [3.8, 4) is 0 Å². The Morgan fingerprint density at radius 2 is 1.63 bits per heavy atom. The normalized spacial score (nSPS) is 17.3. The molecule has 5 rings (SSSR count). The Morgan fingerprint density at radius 3 is 2.43 bits per heavy atom. The molecule has 1 unspecified atom stereocenters. The molecule has 1 amide bonds. The topological polar surface area (TPSA) is 45.0 Å². The molecule has 30 heavy (non-hydrogen) atoms. The van der Waals surface area contributed by atoms with Gasteiger partial charge in [0.2, 0.25) is 0 Å². The third-order valence-electron chi connectivity index (χ3n) is 5.10. The van der Waals surface area contributed by atoms with Crippen LogP contribution in [0.25, 0.3) is 0 Å². The first-order valence-electron chi connectivity index (χ1n) is 9.70. The third-order valence-corrected chi connectivity index (χ3v) is 6.36. The van der Waals surface area contributed by atoms with E-state index in [0.717, 1.165) is 22.4 Å². The van der Waals surface area contributed by atoms with Crippen LogP contribution in [0, 0.1) is 0 Å². The van der Waals surface area contributed by atoms with E-state index >= 15 is 0 Å². The number of hydrogen-bond donors (Lipinski definition) is 0. The molecule has 0 N–H and O–H groups in total. The van der Waals surface area contributed by atoms with E-state index in [0.29, 0.717) is 28.2 Å². The molecule has 2 heterocycles. The largest absolute Gasteiger partial charge is 0.271 e. The number of fused-ring (bicyclic) bond motifs is 3. The fraction of sp³-hybridized carbons (Fsp3) is 0.125. The Morgan fingerprint density at radius 1 is 0.900 bits per heavy atom. The highest BCUT2D eigenvalue weighted by Crippen LogP contribution is 2.35. The second-order valence-electron chi connectivity index (χ2n) is 7.16. The average Bonchev–Trinajstić information content (AvgIpc) is 3.10. The van der Waals surface area contributed by atoms with E-state index in [9.17, 15) is 4.79 Å². The monoisotopic (exact) mass is 431 g/mol. The summed E-state index contributed by atoms with van der Waals surface area (Å²) in [6, 6.07) is 25.2. The Hall–Kier alpha value is -2.89. The van der Waals surface area contributed by atoms with Crippen molar-refractivity contribution in [3.63, 3.8) is 0 Å². The van der Waals surface area contributed by atoms with Gasteiger partial charge in [-0.3, -0.25) is 9.79 Å². The van der Waals surface area contributed by atoms with Crippen molar-refractivity contribution in [1.82, 2.24) is 4.90 Å². The minimum Gasteiger partial charge on any atom is -0.271 e. The summed E-state index contributed by atoms with van der Waals surface area (Å²) < 4.78 is 0. The number of benzene rings is 3. The van der Waals surface area contributed by atoms with E-state index in [1.807, 2.05) is 78.9 Å². The van der Waals surface area contributed by atoms with Gasteiger partial charge >= 0.3 is 0 Å². The van der Waals surface area contributed by atoms with Crippen LogP contribution < -0.4 is 0 Å². The van der Waals surface area contributed by atoms with Crippen LogP contribution in [0.1, 0.15) is 16.7 Å². The predicted octanol–water partition coefficient (Wildman–Crippen LogP) is 5.47. The fourth-order valence-electron chi connectivity index (χ4n) is 3.60. The van der Waals surface area contributed by atoms with Gasteiger partial charge in [0, 0.05) is 22.8 Å². The molecule has 2 aliphatic rings. The Kier molecular flexibility index (Phi) is 5.15. The molecule has 0 aromatic heterocycles. The number of halogens is 1. The molecule has 0 spiro atoms. The van der Waals surface area contributed by atoms with Crippen molar-refractivity contribution in [2.75, 3.05) is 0 Å². The lowest BCUT2D eigenvalue weighted by molar-refractivity contribution is -0.124. The SMILES string of the molecule is O=C1C(Cc2ccccc2)N=C2c3ccccc3N=C(SCc3ccc(Cl)cc3)N12. The maximum Gasteiger partial charge on any atom is 0.259 e. The fourth-order valence-corrected chi connectivity index (χ4v) is 4.68. The summed E-state index contributed by atoms with van der Waals surface area (Å²) in [7, 11) is 0. The Bertz CT molecular complexity index is 1160. The van der Waals surface area contributed by atoms with Crippen molar-refractivity contribution in [2.45, 2.75) is 18.2 Å². The lowest BCUT2D eigenvalue weighted by Gasteiger charge is -2.25. The number of hydrogen-bond acceptors (Lipinski definition) is 4. The van der Waals surface area contributed by atoms with Gasteiger partial charge in [-0.05, 0) is 35.4 Å². The molecule has 1 atom stereocenters. The van der Waals surface area contributed by atoms with Crippen molar-refractivity contribution < 1.29 is 4.79 Å². The molecule has 0 aliphatic carbocycles. The van der Waals surface area contributed by atoms with Crippen molar-refractivity contribution in [1.29, 1.82) is 0 Å². The number of aliphatic imine (C=N–C) groups is 2. The average molecular weight is 432 g/mol. The van der Waals surface area contributed by atoms with Crippen molar-refractivity contribution in [3.05, 3.63) is 101 Å². The minimum atomic E-state index is -0.435. The van der Waals surface area contributed by atoms with Crippen LogP contribution in [-0.2, 0) is 17.0 Å². The minimum absolute atomic E-state index is 0.0225. The summed E-state index contributed by atoms with van der Waals surface area (Å²) in [6.45, 7) is 0. The summed E-state index contributed by atoms with van der Waals surface area (Å²) in [4.78, 5) is 24.6. The van der Waals surface area contributed by atoms with Crippen LogP contribution in [-0.4, -0.2) is 27.9 Å². The zero-order chi connectivity index (χ0) is 20.5. The lowest BCUT2D eigenvalue weighted by Crippen LogP contribution is -2.41. The van der Waals surface area contributed by atoms with Crippen LogP contribution in [0.15, 0.2) is 88.8 Å². The van der Waals surface area contributed by atoms with Gasteiger partial charge in [-0.2, -0.15) is 0 Å². The highest BCUT2D eigenvalue weighted by molar-refractivity contribution is 8.13. The van der Waals surface area contributed by atoms with E-state index < -0.39 is 6.04 Å². The Balaban J connectivity index is 1.45. The predicted molar refractivity (Wildman–Crippen MR) is 124 cm³/mol. The number of amidine groups is 2. The molecule has 6 heteroatoms. The van der Waals surface area contributed by atoms with Crippen LogP contribution >= 0.6 is 23.4 Å². The number of nitrogens with zero attached hydrogens (tertiary/aromatic N) is 3. The van der Waals surface area contributed by atoms with Crippen LogP contribution in [0.5, 0.6) is 0 Å². The summed E-state index contributed by atoms with van der Waals surface area (Å²) >= 11 is 7.53. The van der Waals surface area contributed by atoms with Gasteiger partial charge in [0.1, 0.15) is 11.9 Å². The molecule has 3 aromatic carbocycles. The quantitative estimate of drug-likeness (QED) is 0.549. The number of thioether (sulfide) groups is 1. The van der Waals surface area contributed by atoms with Gasteiger partial charge < -0.3 is 0 Å². The van der Waals surface area contributed by atoms with E-state index in [1.54, 1.807) is 4.90 Å². The van der Waals surface area contributed by atoms with Crippen molar-refractivity contribution in [2.24, 2.45) is 9.98 Å². The van der Waals surface area contributed by atoms with E-state index in [4.69, 9.17) is 21.6 Å². The van der Waals surface area contributed by atoms with Crippen LogP contribution in [0.2, 0.25) is 5.02 Å². The molecule has 0 saturated carbocycles. The molecule has 0 radical (unpaired) electrons. The van der Waals surface area contributed by atoms with Gasteiger partial charge in [-0.15, -0.1) is 0 Å². The summed E-state index contributed by atoms with van der Waals surface area (Å²) in [6.07, 6.45) is 0.580. The maximum atomic E-state index is 13.3. The molecule has 2 aliphatic heterocycles. The Labute approximate surface area is 184 Å². The van der Waals surface area contributed by atoms with Gasteiger partial charge in [0.05, 0.1) is 5.69 Å². The zero-order valence-electron chi connectivity index (χ0n) is 16.0. The second-order valence-corrected chi connectivity index (χ2v) is 8.54. The number of carbonyl (C=O) groups is 1. The van der Waals surface area contributed by atoms with Gasteiger partial charge in [0.25, 0.3) is 5.91 Å². The van der Waals surface area contributed by atoms with E-state index in [1.165, 1.54) is 11.8 Å². The highest BCUT2D eigenvalue weighted by atomic mass is 35.5. The first-order chi connectivity index (χ1) is 14.7. The van der Waals surface area contributed by atoms with Gasteiger partial charge in [0.15, 0.2) is 5.17 Å². The van der Waals surface area contributed by atoms with Gasteiger partial charge in [-0.25, -0.2) is 9.89 Å². The first-order valence-corrected chi connectivity index (χ1v) is 11.1. The molecule has 148 valence electrons. The second kappa shape index (κ2) is 8.09. The van der Waals surface area contributed by atoms with Gasteiger partial charge in [-0.1, -0.05) is 78.0 Å². The summed E-state index contributed by atoms with van der Waals surface area (Å²) in [5.41, 5.74) is 3.97. The first kappa shape index (κ1) is 19.1. The smallest absolute Gasteiger partial charge is 0.259 e. The third kappa shape index (κ3) is 3.66. The molecule has 0 bridgehead atoms. The molecule has 0 saturated heterocycles. The molecule has 0 fully saturated rings. The summed E-state index contributed by atoms with van der Waals surface area (Å²) in [5.74, 6) is 1.37. The number of rotatable bonds is 4. The number of amides is 1. The number of carbonyl (C=O) groups excluding carboxylic acids is 1. The molecule has 4 nitrogen and oxygen atoms in total. The highest BCUT2D eigenvalue weighted by Gasteiger charge is 2.41. The van der Waals surface area contributed by atoms with Crippen molar-refractivity contribution >= 4 is 46.0 Å². The standard InChI is InChI=1S/C24H18ClN3OS/c25-18-12-10-17(11-13-18)15-30-24-27-20-9-5-4-8-19(20)22-26-21(23(29)28(22)24)14-16-6-2-1-3-7-16/h1-13,21H,14-15H2. The lowest BCUT2D eigenvalue weighted by atomic mass is 10.1. The van der Waals surface area contributed by atoms with Crippen LogP contribution in [0.3, 0.4) is 0 Å².